The minimum absolute atomic E-state index is 0.345. The number of aliphatic hydroxyl groups is 4. The van der Waals surface area contributed by atoms with Crippen molar-refractivity contribution in [1.82, 2.24) is 0 Å². The zero-order valence-corrected chi connectivity index (χ0v) is 34.5. The van der Waals surface area contributed by atoms with E-state index in [9.17, 15) is 24.9 Å². The van der Waals surface area contributed by atoms with Gasteiger partial charge in [0, 0.05) is 20.0 Å². The van der Waals surface area contributed by atoms with Gasteiger partial charge in [0.15, 0.2) is 6.29 Å². The van der Waals surface area contributed by atoms with Crippen molar-refractivity contribution >= 4 is 11.9 Å². The first-order valence-corrected chi connectivity index (χ1v) is 21.9. The number of hydrogen-bond donors (Lipinski definition) is 6. The number of unbranched alkanes of at least 4 members (excludes halogenated alkanes) is 28. The number of ether oxygens (including phenoxy) is 2. The Morgan fingerprint density at radius 3 is 0.962 bits per heavy atom. The molecular weight excluding hydrogens is 676 g/mol. The number of carbonyl (C=O) groups is 2. The zero-order valence-electron chi connectivity index (χ0n) is 34.5. The summed E-state index contributed by atoms with van der Waals surface area (Å²) in [5.41, 5.74) is 0. The number of aliphatic hydroxyl groups excluding tert-OH is 4. The van der Waals surface area contributed by atoms with Gasteiger partial charge in [-0.25, -0.2) is 0 Å². The molecule has 0 aromatic carbocycles. The minimum atomic E-state index is -1.33. The molecule has 10 nitrogen and oxygen atoms in total. The number of carboxylic acids is 2. The summed E-state index contributed by atoms with van der Waals surface area (Å²) in [6, 6.07) is 0. The van der Waals surface area contributed by atoms with Crippen LogP contribution in [0.5, 0.6) is 0 Å². The number of methoxy groups -OCH3 is 1. The van der Waals surface area contributed by atoms with E-state index in [4.69, 9.17) is 24.8 Å². The van der Waals surface area contributed by atoms with Crippen LogP contribution in [0.25, 0.3) is 0 Å². The lowest BCUT2D eigenvalue weighted by molar-refractivity contribution is -0.291. The highest BCUT2D eigenvalue weighted by atomic mass is 16.7. The van der Waals surface area contributed by atoms with E-state index in [1.54, 1.807) is 0 Å². The molecule has 53 heavy (non-hydrogen) atoms. The van der Waals surface area contributed by atoms with Gasteiger partial charge in [0.1, 0.15) is 24.4 Å². The summed E-state index contributed by atoms with van der Waals surface area (Å²) < 4.78 is 9.50. The highest BCUT2D eigenvalue weighted by Crippen LogP contribution is 2.21. The third-order valence-corrected chi connectivity index (χ3v) is 10.1. The lowest BCUT2D eigenvalue weighted by Gasteiger charge is -2.39. The first-order chi connectivity index (χ1) is 25.7. The third kappa shape index (κ3) is 37.4. The molecule has 1 aliphatic heterocycles. The van der Waals surface area contributed by atoms with E-state index in [1.165, 1.54) is 174 Å². The van der Waals surface area contributed by atoms with Gasteiger partial charge >= 0.3 is 11.9 Å². The fourth-order valence-electron chi connectivity index (χ4n) is 6.62. The monoisotopic (exact) mass is 763 g/mol. The van der Waals surface area contributed by atoms with Crippen molar-refractivity contribution in [3.05, 3.63) is 0 Å². The molecule has 0 spiro atoms. The quantitative estimate of drug-likeness (QED) is 0.0346. The van der Waals surface area contributed by atoms with E-state index in [1.807, 2.05) is 0 Å². The van der Waals surface area contributed by atoms with E-state index in [0.29, 0.717) is 12.8 Å². The topological polar surface area (TPSA) is 174 Å². The SMILES string of the molecule is CCCCCCCCCCCCCCCCCC(=O)O.CCCCCCCCCCCCCCCCCC(=O)O.CO[C@H]1C(O)O[C@H](CO)[C@@H](O)[C@@H]1O. The first kappa shape index (κ1) is 53.8. The van der Waals surface area contributed by atoms with Gasteiger partial charge in [-0.05, 0) is 12.8 Å². The minimum Gasteiger partial charge on any atom is -0.481 e. The fraction of sp³-hybridized carbons (Fsp3) is 0.953. The third-order valence-electron chi connectivity index (χ3n) is 10.1. The van der Waals surface area contributed by atoms with Crippen molar-refractivity contribution < 1.29 is 49.7 Å². The summed E-state index contributed by atoms with van der Waals surface area (Å²) in [5.74, 6) is -1.31. The number of carboxylic acid groups (broad SMARTS) is 2. The van der Waals surface area contributed by atoms with Crippen LogP contribution in [0.3, 0.4) is 0 Å². The van der Waals surface area contributed by atoms with Crippen molar-refractivity contribution in [1.29, 1.82) is 0 Å². The molecule has 0 aromatic heterocycles. The highest BCUT2D eigenvalue weighted by molar-refractivity contribution is 5.66. The molecule has 1 fully saturated rings. The van der Waals surface area contributed by atoms with Crippen molar-refractivity contribution in [2.45, 2.75) is 250 Å². The van der Waals surface area contributed by atoms with Crippen LogP contribution in [0, 0.1) is 0 Å². The van der Waals surface area contributed by atoms with E-state index in [2.05, 4.69) is 13.8 Å². The lowest BCUT2D eigenvalue weighted by atomic mass is 9.99. The Hall–Kier alpha value is -1.30. The number of rotatable bonds is 34. The van der Waals surface area contributed by atoms with Crippen LogP contribution in [0.2, 0.25) is 0 Å². The lowest BCUT2D eigenvalue weighted by Crippen LogP contribution is -2.59. The van der Waals surface area contributed by atoms with Crippen molar-refractivity contribution in [3.8, 4) is 0 Å². The second-order valence-electron chi connectivity index (χ2n) is 15.1. The predicted molar refractivity (Wildman–Crippen MR) is 215 cm³/mol. The second-order valence-corrected chi connectivity index (χ2v) is 15.1. The summed E-state index contributed by atoms with van der Waals surface area (Å²) in [6.07, 6.45) is 34.6. The van der Waals surface area contributed by atoms with Crippen LogP contribution in [0.4, 0.5) is 0 Å². The summed E-state index contributed by atoms with van der Waals surface area (Å²) in [7, 11) is 1.28. The standard InChI is InChI=1S/2C18H36O2.C7H14O6/c2*1-2-3-4-5-6-7-8-9-10-11-12-13-14-15-16-17-18(19)20;1-12-6-5(10)4(9)3(2-8)13-7(6)11/h2*2-17H2,1H3,(H,19,20);3-11H,2H2,1H3/t;;3-,4-,5+,6-,7?/m..1/s1. The molecule has 1 rings (SSSR count). The van der Waals surface area contributed by atoms with Crippen molar-refractivity contribution in [2.75, 3.05) is 13.7 Å². The van der Waals surface area contributed by atoms with Crippen LogP contribution in [0.15, 0.2) is 0 Å². The first-order valence-electron chi connectivity index (χ1n) is 21.9. The Labute approximate surface area is 324 Å². The molecule has 10 heteroatoms. The molecule has 318 valence electrons. The maximum atomic E-state index is 10.3. The number of aliphatic carboxylic acids is 2. The Morgan fingerprint density at radius 2 is 0.736 bits per heavy atom. The van der Waals surface area contributed by atoms with Crippen LogP contribution in [-0.2, 0) is 19.1 Å². The van der Waals surface area contributed by atoms with E-state index >= 15 is 0 Å². The van der Waals surface area contributed by atoms with Gasteiger partial charge in [0.2, 0.25) is 0 Å². The van der Waals surface area contributed by atoms with Gasteiger partial charge in [-0.1, -0.05) is 194 Å². The largest absolute Gasteiger partial charge is 0.481 e. The molecule has 0 radical (unpaired) electrons. The Balaban J connectivity index is 0. The van der Waals surface area contributed by atoms with Gasteiger partial charge in [0.25, 0.3) is 0 Å². The molecule has 6 N–H and O–H groups in total. The van der Waals surface area contributed by atoms with Gasteiger partial charge in [0.05, 0.1) is 6.61 Å². The van der Waals surface area contributed by atoms with E-state index in [0.717, 1.165) is 25.7 Å². The van der Waals surface area contributed by atoms with Crippen LogP contribution in [0.1, 0.15) is 219 Å². The summed E-state index contributed by atoms with van der Waals surface area (Å²) in [6.45, 7) is 4.07. The maximum Gasteiger partial charge on any atom is 0.303 e. The van der Waals surface area contributed by atoms with Gasteiger partial charge in [-0.15, -0.1) is 0 Å². The molecule has 1 heterocycles. The second kappa shape index (κ2) is 41.9. The number of hydrogen-bond acceptors (Lipinski definition) is 8. The highest BCUT2D eigenvalue weighted by Gasteiger charge is 2.43. The molecule has 0 aromatic rings. The zero-order chi connectivity index (χ0) is 39.8. The Morgan fingerprint density at radius 1 is 0.472 bits per heavy atom. The summed E-state index contributed by atoms with van der Waals surface area (Å²) >= 11 is 0. The van der Waals surface area contributed by atoms with Crippen molar-refractivity contribution in [3.63, 3.8) is 0 Å². The molecular formula is C43H86O10. The molecule has 1 unspecified atom stereocenters. The predicted octanol–water partition coefficient (Wildman–Crippen LogP) is 10.1. The Kier molecular flexibility index (Phi) is 42.5. The molecule has 1 saturated heterocycles. The van der Waals surface area contributed by atoms with Gasteiger partial charge in [-0.2, -0.15) is 0 Å². The average Bonchev–Trinajstić information content (AvgIpc) is 3.13. The molecule has 1 aliphatic rings. The van der Waals surface area contributed by atoms with Crippen molar-refractivity contribution in [2.24, 2.45) is 0 Å². The molecule has 0 saturated carbocycles. The fourth-order valence-corrected chi connectivity index (χ4v) is 6.62. The normalized spacial score (nSPS) is 19.6. The smallest absolute Gasteiger partial charge is 0.303 e. The van der Waals surface area contributed by atoms with Gasteiger partial charge < -0.3 is 40.1 Å². The molecule has 0 bridgehead atoms. The molecule has 0 aliphatic carbocycles. The average molecular weight is 763 g/mol. The van der Waals surface area contributed by atoms with Crippen LogP contribution < -0.4 is 0 Å². The van der Waals surface area contributed by atoms with Crippen LogP contribution >= 0.6 is 0 Å². The maximum absolute atomic E-state index is 10.3. The summed E-state index contributed by atoms with van der Waals surface area (Å²) in [4.78, 5) is 20.7. The summed E-state index contributed by atoms with van der Waals surface area (Å²) in [5, 5.41) is 53.7. The molecule has 5 atom stereocenters. The van der Waals surface area contributed by atoms with Gasteiger partial charge in [-0.3, -0.25) is 9.59 Å². The van der Waals surface area contributed by atoms with E-state index in [-0.39, 0.29) is 0 Å². The molecule has 0 amide bonds. The van der Waals surface area contributed by atoms with E-state index < -0.39 is 49.3 Å². The Bertz CT molecular complexity index is 723. The van der Waals surface area contributed by atoms with Crippen LogP contribution in [-0.4, -0.2) is 87.0 Å².